The van der Waals surface area contributed by atoms with Crippen molar-refractivity contribution < 1.29 is 18.7 Å². The lowest BCUT2D eigenvalue weighted by molar-refractivity contribution is -0.113. The number of rotatable bonds is 9. The predicted molar refractivity (Wildman–Crippen MR) is 126 cm³/mol. The molecule has 0 aliphatic carbocycles. The van der Waals surface area contributed by atoms with E-state index in [1.165, 1.54) is 11.8 Å². The molecule has 1 N–H and O–H groups in total. The van der Waals surface area contributed by atoms with Gasteiger partial charge >= 0.3 is 5.97 Å². The van der Waals surface area contributed by atoms with Gasteiger partial charge in [-0.25, -0.2) is 14.8 Å². The minimum Gasteiger partial charge on any atom is -0.462 e. The number of amides is 1. The van der Waals surface area contributed by atoms with Crippen molar-refractivity contribution >= 4 is 73.4 Å². The highest BCUT2D eigenvalue weighted by Gasteiger charge is 2.18. The Morgan fingerprint density at radius 3 is 2.81 bits per heavy atom. The van der Waals surface area contributed by atoms with E-state index in [1.54, 1.807) is 25.2 Å². The number of ether oxygens (including phenoxy) is 1. The number of nitrogens with one attached hydrogen (secondary N) is 1. The molecule has 4 aromatic rings. The van der Waals surface area contributed by atoms with Crippen LogP contribution in [-0.2, 0) is 15.3 Å². The number of thioether (sulfide) groups is 2. The number of para-hydroxylation sites is 1. The van der Waals surface area contributed by atoms with E-state index in [0.717, 1.165) is 37.7 Å². The van der Waals surface area contributed by atoms with Gasteiger partial charge < -0.3 is 14.5 Å². The van der Waals surface area contributed by atoms with E-state index in [-0.39, 0.29) is 18.3 Å². The number of hydrogen-bond donors (Lipinski definition) is 1. The van der Waals surface area contributed by atoms with Crippen molar-refractivity contribution in [3.8, 4) is 0 Å². The van der Waals surface area contributed by atoms with Crippen molar-refractivity contribution in [3.63, 3.8) is 0 Å². The topological polar surface area (TPSA) is 120 Å². The summed E-state index contributed by atoms with van der Waals surface area (Å²) in [6.45, 7) is 3.70. The molecule has 1 aromatic carbocycles. The molecule has 0 aliphatic heterocycles. The fourth-order valence-corrected chi connectivity index (χ4v) is 5.87. The summed E-state index contributed by atoms with van der Waals surface area (Å²) in [5.41, 5.74) is 1.49. The van der Waals surface area contributed by atoms with E-state index >= 15 is 0 Å². The Balaban J connectivity index is 1.26. The van der Waals surface area contributed by atoms with Crippen molar-refractivity contribution in [1.29, 1.82) is 0 Å². The minimum absolute atomic E-state index is 0.0695. The fourth-order valence-electron chi connectivity index (χ4n) is 2.51. The predicted octanol–water partition coefficient (Wildman–Crippen LogP) is 4.64. The smallest absolute Gasteiger partial charge is 0.350 e. The molecule has 13 heteroatoms. The molecule has 4 rings (SSSR count). The van der Waals surface area contributed by atoms with Crippen LogP contribution in [0.25, 0.3) is 10.2 Å². The normalized spacial score (nSPS) is 11.1. The Morgan fingerprint density at radius 2 is 2.00 bits per heavy atom. The highest BCUT2D eigenvalue weighted by molar-refractivity contribution is 8.00. The van der Waals surface area contributed by atoms with Crippen molar-refractivity contribution in [2.45, 2.75) is 29.2 Å². The summed E-state index contributed by atoms with van der Waals surface area (Å²) in [6, 6.07) is 7.96. The van der Waals surface area contributed by atoms with E-state index in [9.17, 15) is 9.59 Å². The number of benzene rings is 1. The lowest BCUT2D eigenvalue weighted by Crippen LogP contribution is -2.13. The molecule has 0 radical (unpaired) electrons. The average molecular weight is 508 g/mol. The summed E-state index contributed by atoms with van der Waals surface area (Å²) in [5, 5.41) is 11.3. The number of aromatic nitrogens is 4. The quantitative estimate of drug-likeness (QED) is 0.253. The molecule has 1 amide bonds. The summed E-state index contributed by atoms with van der Waals surface area (Å²) < 4.78 is 12.6. The Morgan fingerprint density at radius 1 is 1.16 bits per heavy atom. The van der Waals surface area contributed by atoms with Crippen molar-refractivity contribution in [2.75, 3.05) is 17.7 Å². The molecule has 0 fully saturated rings. The Hall–Kier alpha value is -2.48. The maximum atomic E-state index is 12.2. The van der Waals surface area contributed by atoms with Crippen LogP contribution in [0.15, 0.2) is 38.2 Å². The zero-order valence-electron chi connectivity index (χ0n) is 17.0. The third-order valence-electron chi connectivity index (χ3n) is 3.87. The lowest BCUT2D eigenvalue weighted by atomic mass is 10.3. The van der Waals surface area contributed by atoms with Gasteiger partial charge in [-0.15, -0.1) is 21.5 Å². The van der Waals surface area contributed by atoms with Crippen molar-refractivity contribution in [2.24, 2.45) is 0 Å². The molecule has 3 aromatic heterocycles. The second-order valence-corrected chi connectivity index (χ2v) is 10.4. The molecule has 9 nitrogen and oxygen atoms in total. The van der Waals surface area contributed by atoms with Crippen LogP contribution >= 0.6 is 46.2 Å². The van der Waals surface area contributed by atoms with Crippen LogP contribution < -0.4 is 5.32 Å². The maximum absolute atomic E-state index is 12.2. The number of nitrogens with zero attached hydrogens (tertiary/aromatic N) is 4. The van der Waals surface area contributed by atoms with Crippen LogP contribution in [0.2, 0.25) is 0 Å². The summed E-state index contributed by atoms with van der Waals surface area (Å²) in [5.74, 6) is 0.295. The summed E-state index contributed by atoms with van der Waals surface area (Å²) in [4.78, 5) is 33.2. The minimum atomic E-state index is -0.445. The molecule has 0 aliphatic rings. The SMILES string of the molecule is CCOC(=O)c1sc(NC(=O)CSc2nnc(CSc3nc4ccccc4s3)o2)nc1C. The standard InChI is InChI=1S/C19H17N5O4S4/c1-3-27-16(26)15-10(2)20-17(32-15)22-13(25)8-29-18-24-23-14(28-18)9-30-19-21-11-6-4-5-7-12(11)31-19/h4-7H,3,8-9H2,1-2H3,(H,20,22,25). The van der Waals surface area contributed by atoms with Gasteiger partial charge in [-0.2, -0.15) is 0 Å². The van der Waals surface area contributed by atoms with Gasteiger partial charge in [0.25, 0.3) is 5.22 Å². The second-order valence-electron chi connectivity index (χ2n) is 6.19. The number of fused-ring (bicyclic) bond motifs is 1. The van der Waals surface area contributed by atoms with Crippen LogP contribution in [0.1, 0.15) is 28.2 Å². The summed E-state index contributed by atoms with van der Waals surface area (Å²) in [7, 11) is 0. The molecule has 0 saturated heterocycles. The van der Waals surface area contributed by atoms with E-state index in [0.29, 0.717) is 32.6 Å². The van der Waals surface area contributed by atoms with Gasteiger partial charge in [0.1, 0.15) is 4.88 Å². The van der Waals surface area contributed by atoms with E-state index < -0.39 is 5.97 Å². The molecule has 3 heterocycles. The Bertz CT molecular complexity index is 1220. The first kappa shape index (κ1) is 22.7. The number of carbonyl (C=O) groups excluding carboxylic acids is 2. The van der Waals surface area contributed by atoms with E-state index in [2.05, 4.69) is 25.5 Å². The molecule has 0 bridgehead atoms. The first-order chi connectivity index (χ1) is 15.5. The van der Waals surface area contributed by atoms with Gasteiger partial charge in [0.15, 0.2) is 9.47 Å². The van der Waals surface area contributed by atoms with Gasteiger partial charge in [0.05, 0.1) is 34.0 Å². The van der Waals surface area contributed by atoms with Gasteiger partial charge in [0, 0.05) is 0 Å². The van der Waals surface area contributed by atoms with Gasteiger partial charge in [-0.1, -0.05) is 47.0 Å². The molecule has 0 spiro atoms. The summed E-state index contributed by atoms with van der Waals surface area (Å²) >= 11 is 5.35. The highest BCUT2D eigenvalue weighted by Crippen LogP contribution is 2.31. The van der Waals surface area contributed by atoms with Gasteiger partial charge in [-0.05, 0) is 26.0 Å². The van der Waals surface area contributed by atoms with Gasteiger partial charge in [0.2, 0.25) is 11.8 Å². The fraction of sp³-hybridized carbons (Fsp3) is 0.263. The molecule has 32 heavy (non-hydrogen) atoms. The number of aryl methyl sites for hydroxylation is 1. The van der Waals surface area contributed by atoms with E-state index in [1.807, 2.05) is 24.3 Å². The first-order valence-electron chi connectivity index (χ1n) is 9.39. The van der Waals surface area contributed by atoms with Gasteiger partial charge in [-0.3, -0.25) is 4.79 Å². The van der Waals surface area contributed by atoms with Crippen LogP contribution in [-0.4, -0.2) is 44.4 Å². The summed E-state index contributed by atoms with van der Waals surface area (Å²) in [6.07, 6.45) is 0. The highest BCUT2D eigenvalue weighted by atomic mass is 32.2. The van der Waals surface area contributed by atoms with Crippen LogP contribution in [0.5, 0.6) is 0 Å². The van der Waals surface area contributed by atoms with Crippen LogP contribution in [0, 0.1) is 6.92 Å². The maximum Gasteiger partial charge on any atom is 0.350 e. The molecular formula is C19H17N5O4S4. The Labute approximate surface area is 199 Å². The largest absolute Gasteiger partial charge is 0.462 e. The molecule has 166 valence electrons. The number of hydrogen-bond acceptors (Lipinski definition) is 12. The van der Waals surface area contributed by atoms with Crippen molar-refractivity contribution in [3.05, 3.63) is 40.7 Å². The zero-order valence-corrected chi connectivity index (χ0v) is 20.3. The lowest BCUT2D eigenvalue weighted by Gasteiger charge is -1.99. The zero-order chi connectivity index (χ0) is 22.5. The van der Waals surface area contributed by atoms with Crippen LogP contribution in [0.4, 0.5) is 5.13 Å². The monoisotopic (exact) mass is 507 g/mol. The third-order valence-corrected chi connectivity index (χ3v) is 7.91. The number of carbonyl (C=O) groups is 2. The second kappa shape index (κ2) is 10.4. The third kappa shape index (κ3) is 5.65. The molecule has 0 atom stereocenters. The number of anilines is 1. The van der Waals surface area contributed by atoms with Crippen LogP contribution in [0.3, 0.4) is 0 Å². The average Bonchev–Trinajstić information content (AvgIpc) is 3.48. The number of thiazole rings is 2. The Kier molecular flexibility index (Phi) is 7.40. The van der Waals surface area contributed by atoms with E-state index in [4.69, 9.17) is 9.15 Å². The van der Waals surface area contributed by atoms with Crippen molar-refractivity contribution in [1.82, 2.24) is 20.2 Å². The molecular weight excluding hydrogens is 491 g/mol. The molecule has 0 unspecified atom stereocenters. The number of esters is 1. The molecule has 0 saturated carbocycles. The first-order valence-corrected chi connectivity index (χ1v) is 13.0.